The average molecular weight is 490 g/mol. The molecule has 2 rings (SSSR count). The summed E-state index contributed by atoms with van der Waals surface area (Å²) < 4.78 is 6.02. The zero-order valence-electron chi connectivity index (χ0n) is 17.8. The fourth-order valence-electron chi connectivity index (χ4n) is 2.63. The predicted octanol–water partition coefficient (Wildman–Crippen LogP) is 4.31. The fraction of sp³-hybridized carbons (Fsp3) is 0.273. The minimum absolute atomic E-state index is 0.0562. The molecule has 0 radical (unpaired) electrons. The van der Waals surface area contributed by atoms with E-state index in [-0.39, 0.29) is 18.9 Å². The number of rotatable bonds is 10. The van der Waals surface area contributed by atoms with Crippen LogP contribution in [-0.4, -0.2) is 43.9 Å². The standard InChI is InChI=1S/C22H24BrN3O5/c1-5-30-22(27)21(26-29-4)19-9-7-6-8-17(19)14-31-24-15(2)20(25-28-3)16-10-12-18(23)13-11-16/h6-13H,5,14H2,1-4H3/b24-15+,25-20-,26-21-. The molecule has 0 N–H and O–H groups in total. The van der Waals surface area contributed by atoms with E-state index in [2.05, 4.69) is 31.4 Å². The van der Waals surface area contributed by atoms with Gasteiger partial charge in [-0.3, -0.25) is 0 Å². The number of carbonyl (C=O) groups is 1. The highest BCUT2D eigenvalue weighted by molar-refractivity contribution is 9.10. The van der Waals surface area contributed by atoms with Gasteiger partial charge in [-0.05, 0) is 26.0 Å². The van der Waals surface area contributed by atoms with Gasteiger partial charge in [0.1, 0.15) is 32.2 Å². The number of nitrogens with zero attached hydrogens (tertiary/aromatic N) is 3. The molecular formula is C22H24BrN3O5. The largest absolute Gasteiger partial charge is 0.461 e. The number of oxime groups is 3. The molecular weight excluding hydrogens is 466 g/mol. The van der Waals surface area contributed by atoms with Crippen molar-refractivity contribution >= 4 is 39.0 Å². The van der Waals surface area contributed by atoms with Crippen molar-refractivity contribution in [2.75, 3.05) is 20.8 Å². The van der Waals surface area contributed by atoms with E-state index in [9.17, 15) is 4.79 Å². The van der Waals surface area contributed by atoms with Crippen LogP contribution in [0.25, 0.3) is 0 Å². The molecule has 8 nitrogen and oxygen atoms in total. The first-order valence-electron chi connectivity index (χ1n) is 9.42. The third-order valence-electron chi connectivity index (χ3n) is 3.99. The highest BCUT2D eigenvalue weighted by Crippen LogP contribution is 2.15. The summed E-state index contributed by atoms with van der Waals surface area (Å²) in [6.45, 7) is 3.80. The molecule has 31 heavy (non-hydrogen) atoms. The van der Waals surface area contributed by atoms with Crippen molar-refractivity contribution in [3.63, 3.8) is 0 Å². The van der Waals surface area contributed by atoms with Crippen LogP contribution < -0.4 is 0 Å². The fourth-order valence-corrected chi connectivity index (χ4v) is 2.90. The second-order valence-electron chi connectivity index (χ2n) is 6.08. The van der Waals surface area contributed by atoms with Gasteiger partial charge >= 0.3 is 5.97 Å². The molecule has 0 saturated heterocycles. The molecule has 0 bridgehead atoms. The summed E-state index contributed by atoms with van der Waals surface area (Å²) in [7, 11) is 2.83. The maximum absolute atomic E-state index is 12.3. The Bertz CT molecular complexity index is 971. The topological polar surface area (TPSA) is 91.1 Å². The van der Waals surface area contributed by atoms with Crippen LogP contribution in [0.2, 0.25) is 0 Å². The highest BCUT2D eigenvalue weighted by atomic mass is 79.9. The van der Waals surface area contributed by atoms with Gasteiger partial charge in [0.05, 0.1) is 6.61 Å². The van der Waals surface area contributed by atoms with Crippen molar-refractivity contribution in [3.8, 4) is 0 Å². The molecule has 0 atom stereocenters. The Morgan fingerprint density at radius 1 is 0.935 bits per heavy atom. The van der Waals surface area contributed by atoms with Crippen LogP contribution in [0, 0.1) is 0 Å². The van der Waals surface area contributed by atoms with Gasteiger partial charge in [0.25, 0.3) is 0 Å². The zero-order valence-corrected chi connectivity index (χ0v) is 19.4. The minimum Gasteiger partial charge on any atom is -0.461 e. The molecule has 0 amide bonds. The van der Waals surface area contributed by atoms with E-state index in [4.69, 9.17) is 19.2 Å². The summed E-state index contributed by atoms with van der Waals surface area (Å²) in [5.41, 5.74) is 3.17. The maximum Gasteiger partial charge on any atom is 0.361 e. The third kappa shape index (κ3) is 6.92. The Balaban J connectivity index is 2.23. The van der Waals surface area contributed by atoms with E-state index in [1.54, 1.807) is 26.0 Å². The number of hydrogen-bond acceptors (Lipinski definition) is 8. The minimum atomic E-state index is -0.582. The van der Waals surface area contributed by atoms with Crippen LogP contribution in [0.15, 0.2) is 68.5 Å². The monoisotopic (exact) mass is 489 g/mol. The van der Waals surface area contributed by atoms with Gasteiger partial charge in [0, 0.05) is 21.2 Å². The molecule has 0 fully saturated rings. The molecule has 0 aliphatic carbocycles. The van der Waals surface area contributed by atoms with Crippen molar-refractivity contribution in [3.05, 3.63) is 69.7 Å². The Morgan fingerprint density at radius 2 is 1.58 bits per heavy atom. The quantitative estimate of drug-likeness (QED) is 0.281. The first kappa shape index (κ1) is 24.1. The summed E-state index contributed by atoms with van der Waals surface area (Å²) in [4.78, 5) is 27.6. The van der Waals surface area contributed by atoms with Gasteiger partial charge in [-0.15, -0.1) is 0 Å². The van der Waals surface area contributed by atoms with Crippen molar-refractivity contribution in [1.82, 2.24) is 0 Å². The average Bonchev–Trinajstić information content (AvgIpc) is 2.77. The summed E-state index contributed by atoms with van der Waals surface area (Å²) in [6, 6.07) is 14.7. The molecule has 0 unspecified atom stereocenters. The Morgan fingerprint density at radius 3 is 2.23 bits per heavy atom. The van der Waals surface area contributed by atoms with E-state index < -0.39 is 5.97 Å². The maximum atomic E-state index is 12.3. The Kier molecular flexibility index (Phi) is 9.70. The van der Waals surface area contributed by atoms with E-state index in [0.29, 0.717) is 22.6 Å². The number of halogens is 1. The second kappa shape index (κ2) is 12.5. The van der Waals surface area contributed by atoms with E-state index in [1.807, 2.05) is 36.4 Å². The van der Waals surface area contributed by atoms with E-state index in [0.717, 1.165) is 10.0 Å². The van der Waals surface area contributed by atoms with Gasteiger partial charge < -0.3 is 19.2 Å². The SMILES string of the molecule is CCOC(=O)/C(=N\OC)c1ccccc1CO/N=C(C)/C(=N/OC)c1ccc(Br)cc1. The lowest BCUT2D eigenvalue weighted by Gasteiger charge is -2.11. The van der Waals surface area contributed by atoms with E-state index in [1.165, 1.54) is 14.2 Å². The first-order valence-corrected chi connectivity index (χ1v) is 10.2. The van der Waals surface area contributed by atoms with Crippen molar-refractivity contribution in [2.24, 2.45) is 15.5 Å². The van der Waals surface area contributed by atoms with Crippen LogP contribution in [-0.2, 0) is 30.7 Å². The van der Waals surface area contributed by atoms with Crippen LogP contribution in [0.1, 0.15) is 30.5 Å². The third-order valence-corrected chi connectivity index (χ3v) is 4.52. The number of benzene rings is 2. The summed E-state index contributed by atoms with van der Waals surface area (Å²) in [5.74, 6) is -0.582. The lowest BCUT2D eigenvalue weighted by molar-refractivity contribution is -0.135. The lowest BCUT2D eigenvalue weighted by atomic mass is 10.0. The smallest absolute Gasteiger partial charge is 0.361 e. The Labute approximate surface area is 189 Å². The van der Waals surface area contributed by atoms with E-state index >= 15 is 0 Å². The molecule has 164 valence electrons. The molecule has 0 aliphatic heterocycles. The van der Waals surface area contributed by atoms with Crippen LogP contribution in [0.5, 0.6) is 0 Å². The zero-order chi connectivity index (χ0) is 22.6. The van der Waals surface area contributed by atoms with Crippen LogP contribution >= 0.6 is 15.9 Å². The van der Waals surface area contributed by atoms with Crippen molar-refractivity contribution in [1.29, 1.82) is 0 Å². The molecule has 0 saturated carbocycles. The number of ether oxygens (including phenoxy) is 1. The number of carbonyl (C=O) groups excluding carboxylic acids is 1. The molecule has 0 spiro atoms. The summed E-state index contributed by atoms with van der Waals surface area (Å²) in [5, 5.41) is 12.1. The lowest BCUT2D eigenvalue weighted by Crippen LogP contribution is -2.21. The van der Waals surface area contributed by atoms with Gasteiger partial charge in [0.2, 0.25) is 0 Å². The van der Waals surface area contributed by atoms with Gasteiger partial charge in [0.15, 0.2) is 5.71 Å². The second-order valence-corrected chi connectivity index (χ2v) is 7.00. The predicted molar refractivity (Wildman–Crippen MR) is 122 cm³/mol. The summed E-state index contributed by atoms with van der Waals surface area (Å²) in [6.07, 6.45) is 0. The molecule has 0 aromatic heterocycles. The number of hydrogen-bond donors (Lipinski definition) is 0. The van der Waals surface area contributed by atoms with Crippen LogP contribution in [0.3, 0.4) is 0 Å². The first-order chi connectivity index (χ1) is 15.0. The van der Waals surface area contributed by atoms with Crippen molar-refractivity contribution in [2.45, 2.75) is 20.5 Å². The summed E-state index contributed by atoms with van der Waals surface area (Å²) >= 11 is 3.41. The molecule has 2 aromatic carbocycles. The molecule has 0 aliphatic rings. The number of esters is 1. The van der Waals surface area contributed by atoms with Crippen LogP contribution in [0.4, 0.5) is 0 Å². The van der Waals surface area contributed by atoms with Gasteiger partial charge in [-0.25, -0.2) is 4.79 Å². The van der Waals surface area contributed by atoms with Gasteiger partial charge in [-0.1, -0.05) is 67.8 Å². The normalized spacial score (nSPS) is 12.4. The molecule has 0 heterocycles. The Hall–Kier alpha value is -3.20. The van der Waals surface area contributed by atoms with Crippen molar-refractivity contribution < 1.29 is 24.0 Å². The molecule has 9 heteroatoms. The van der Waals surface area contributed by atoms with Gasteiger partial charge in [-0.2, -0.15) is 0 Å². The highest BCUT2D eigenvalue weighted by Gasteiger charge is 2.20. The molecule has 2 aromatic rings.